The van der Waals surface area contributed by atoms with Gasteiger partial charge in [-0.3, -0.25) is 4.79 Å². The van der Waals surface area contributed by atoms with E-state index in [1.54, 1.807) is 18.2 Å². The van der Waals surface area contributed by atoms with Crippen LogP contribution in [0, 0.1) is 0 Å². The summed E-state index contributed by atoms with van der Waals surface area (Å²) in [5.74, 6) is -0.289. The van der Waals surface area contributed by atoms with Crippen molar-refractivity contribution in [3.05, 3.63) is 32.7 Å². The number of alkyl halides is 3. The van der Waals surface area contributed by atoms with Crippen molar-refractivity contribution < 1.29 is 18.0 Å². The molecule has 0 aliphatic rings. The summed E-state index contributed by atoms with van der Waals surface area (Å²) in [5, 5.41) is 0. The highest BCUT2D eigenvalue weighted by atomic mass is 79.9. The van der Waals surface area contributed by atoms with Gasteiger partial charge >= 0.3 is 6.18 Å². The fraction of sp³-hybridized carbons (Fsp3) is 0.364. The standard InChI is InChI=1S/C11H9Br2F3O/c12-7-3-4-9(13)8(6-7)10(17)2-1-5-11(14,15)16/h3-4,6H,1-2,5H2. The predicted octanol–water partition coefficient (Wildman–Crippen LogP) is 5.13. The molecule has 0 radical (unpaired) electrons. The van der Waals surface area contributed by atoms with E-state index in [-0.39, 0.29) is 18.6 Å². The second-order valence-corrected chi connectivity index (χ2v) is 5.29. The molecule has 6 heteroatoms. The van der Waals surface area contributed by atoms with Crippen LogP contribution in [0.5, 0.6) is 0 Å². The first-order chi connectivity index (χ1) is 7.79. The topological polar surface area (TPSA) is 17.1 Å². The zero-order valence-corrected chi connectivity index (χ0v) is 11.8. The molecule has 0 unspecified atom stereocenters. The van der Waals surface area contributed by atoms with E-state index in [1.165, 1.54) is 0 Å². The number of halogens is 5. The van der Waals surface area contributed by atoms with E-state index in [2.05, 4.69) is 31.9 Å². The molecule has 1 aromatic carbocycles. The third kappa shape index (κ3) is 5.21. The average Bonchev–Trinajstić information content (AvgIpc) is 2.19. The number of carbonyl (C=O) groups excluding carboxylic acids is 1. The molecule has 0 aliphatic heterocycles. The summed E-state index contributed by atoms with van der Waals surface area (Å²) in [5.41, 5.74) is 0.404. The first-order valence-electron chi connectivity index (χ1n) is 4.84. The maximum absolute atomic E-state index is 11.9. The molecule has 0 aromatic heterocycles. The van der Waals surface area contributed by atoms with Crippen molar-refractivity contribution in [3.63, 3.8) is 0 Å². The van der Waals surface area contributed by atoms with Gasteiger partial charge in [-0.05, 0) is 24.6 Å². The fourth-order valence-corrected chi connectivity index (χ4v) is 2.12. The molecule has 1 nitrogen and oxygen atoms in total. The van der Waals surface area contributed by atoms with Crippen LogP contribution in [0.2, 0.25) is 0 Å². The van der Waals surface area contributed by atoms with Crippen molar-refractivity contribution in [3.8, 4) is 0 Å². The summed E-state index contributed by atoms with van der Waals surface area (Å²) in [6, 6.07) is 5.03. The van der Waals surface area contributed by atoms with Crippen LogP contribution in [0.1, 0.15) is 29.6 Å². The van der Waals surface area contributed by atoms with Crippen molar-refractivity contribution in [2.24, 2.45) is 0 Å². The highest BCUT2D eigenvalue weighted by Gasteiger charge is 2.26. The maximum Gasteiger partial charge on any atom is 0.389 e. The lowest BCUT2D eigenvalue weighted by Crippen LogP contribution is -2.08. The molecule has 0 bridgehead atoms. The SMILES string of the molecule is O=C(CCCC(F)(F)F)c1cc(Br)ccc1Br. The highest BCUT2D eigenvalue weighted by Crippen LogP contribution is 2.26. The molecule has 0 amide bonds. The third-order valence-electron chi connectivity index (χ3n) is 2.09. The van der Waals surface area contributed by atoms with Crippen LogP contribution < -0.4 is 0 Å². The Morgan fingerprint density at radius 1 is 1.24 bits per heavy atom. The smallest absolute Gasteiger partial charge is 0.294 e. The summed E-state index contributed by atoms with van der Waals surface area (Å²) in [4.78, 5) is 11.7. The molecule has 0 spiro atoms. The quantitative estimate of drug-likeness (QED) is 0.669. The predicted molar refractivity (Wildman–Crippen MR) is 66.1 cm³/mol. The Hall–Kier alpha value is -0.360. The number of hydrogen-bond acceptors (Lipinski definition) is 1. The van der Waals surface area contributed by atoms with Crippen LogP contribution >= 0.6 is 31.9 Å². The molecular formula is C11H9Br2F3O. The largest absolute Gasteiger partial charge is 0.389 e. The molecule has 0 N–H and O–H groups in total. The van der Waals surface area contributed by atoms with Crippen molar-refractivity contribution in [1.29, 1.82) is 0 Å². The van der Waals surface area contributed by atoms with Gasteiger partial charge in [0.1, 0.15) is 0 Å². The normalized spacial score (nSPS) is 11.6. The maximum atomic E-state index is 11.9. The molecule has 1 rings (SSSR count). The summed E-state index contributed by atoms with van der Waals surface area (Å²) in [6.45, 7) is 0. The van der Waals surface area contributed by atoms with Crippen LogP contribution in [-0.4, -0.2) is 12.0 Å². The van der Waals surface area contributed by atoms with E-state index in [9.17, 15) is 18.0 Å². The van der Waals surface area contributed by atoms with Crippen molar-refractivity contribution in [2.45, 2.75) is 25.4 Å². The number of rotatable bonds is 4. The lowest BCUT2D eigenvalue weighted by molar-refractivity contribution is -0.135. The second kappa shape index (κ2) is 6.00. The number of carbonyl (C=O) groups is 1. The lowest BCUT2D eigenvalue weighted by atomic mass is 10.1. The Morgan fingerprint density at radius 3 is 2.47 bits per heavy atom. The first-order valence-corrected chi connectivity index (χ1v) is 6.43. The Labute approximate surface area is 114 Å². The molecule has 17 heavy (non-hydrogen) atoms. The fourth-order valence-electron chi connectivity index (χ4n) is 1.30. The third-order valence-corrected chi connectivity index (χ3v) is 3.28. The zero-order valence-electron chi connectivity index (χ0n) is 8.65. The van der Waals surface area contributed by atoms with Gasteiger partial charge in [0.25, 0.3) is 0 Å². The van der Waals surface area contributed by atoms with Gasteiger partial charge in [0.05, 0.1) is 0 Å². The molecule has 0 heterocycles. The summed E-state index contributed by atoms with van der Waals surface area (Å²) < 4.78 is 37.1. The minimum atomic E-state index is -4.20. The van der Waals surface area contributed by atoms with E-state index < -0.39 is 12.6 Å². The van der Waals surface area contributed by atoms with Crippen LogP contribution in [0.3, 0.4) is 0 Å². The monoisotopic (exact) mass is 372 g/mol. The van der Waals surface area contributed by atoms with Crippen LogP contribution in [0.4, 0.5) is 13.2 Å². The summed E-state index contributed by atoms with van der Waals surface area (Å²) in [6.07, 6.45) is -5.41. The van der Waals surface area contributed by atoms with Gasteiger partial charge < -0.3 is 0 Å². The van der Waals surface area contributed by atoms with Gasteiger partial charge in [-0.15, -0.1) is 0 Å². The van der Waals surface area contributed by atoms with E-state index >= 15 is 0 Å². The molecule has 0 atom stereocenters. The Kier molecular flexibility index (Phi) is 5.19. The average molecular weight is 374 g/mol. The Bertz CT molecular complexity index is 416. The Morgan fingerprint density at radius 2 is 1.88 bits per heavy atom. The zero-order chi connectivity index (χ0) is 13.1. The molecule has 0 fully saturated rings. The van der Waals surface area contributed by atoms with Crippen LogP contribution in [0.15, 0.2) is 27.1 Å². The highest BCUT2D eigenvalue weighted by molar-refractivity contribution is 9.11. The van der Waals surface area contributed by atoms with Gasteiger partial charge in [-0.2, -0.15) is 13.2 Å². The number of benzene rings is 1. The van der Waals surface area contributed by atoms with Crippen LogP contribution in [-0.2, 0) is 0 Å². The summed E-state index contributed by atoms with van der Waals surface area (Å²) in [7, 11) is 0. The van der Waals surface area contributed by atoms with Crippen molar-refractivity contribution >= 4 is 37.6 Å². The van der Waals surface area contributed by atoms with Gasteiger partial charge in [0, 0.05) is 27.4 Å². The molecule has 1 aromatic rings. The first kappa shape index (κ1) is 14.7. The molecule has 94 valence electrons. The minimum Gasteiger partial charge on any atom is -0.294 e. The van der Waals surface area contributed by atoms with E-state index in [1.807, 2.05) is 0 Å². The van der Waals surface area contributed by atoms with E-state index in [4.69, 9.17) is 0 Å². The molecular weight excluding hydrogens is 365 g/mol. The van der Waals surface area contributed by atoms with Crippen molar-refractivity contribution in [1.82, 2.24) is 0 Å². The molecule has 0 saturated carbocycles. The minimum absolute atomic E-state index is 0.103. The van der Waals surface area contributed by atoms with E-state index in [0.29, 0.717) is 10.0 Å². The Balaban J connectivity index is 2.61. The number of ketones is 1. The number of hydrogen-bond donors (Lipinski definition) is 0. The van der Waals surface area contributed by atoms with E-state index in [0.717, 1.165) is 4.47 Å². The van der Waals surface area contributed by atoms with Gasteiger partial charge in [-0.1, -0.05) is 31.9 Å². The number of Topliss-reactive ketones (excluding diaryl/α,β-unsaturated/α-hetero) is 1. The van der Waals surface area contributed by atoms with Crippen molar-refractivity contribution in [2.75, 3.05) is 0 Å². The summed E-state index contributed by atoms with van der Waals surface area (Å²) >= 11 is 6.41. The molecule has 0 aliphatic carbocycles. The second-order valence-electron chi connectivity index (χ2n) is 3.52. The van der Waals surface area contributed by atoms with Gasteiger partial charge in [0.2, 0.25) is 0 Å². The van der Waals surface area contributed by atoms with Gasteiger partial charge in [-0.25, -0.2) is 0 Å². The van der Waals surface area contributed by atoms with Crippen LogP contribution in [0.25, 0.3) is 0 Å². The van der Waals surface area contributed by atoms with Gasteiger partial charge in [0.15, 0.2) is 5.78 Å². The lowest BCUT2D eigenvalue weighted by Gasteiger charge is -2.06. The molecule has 0 saturated heterocycles.